The van der Waals surface area contributed by atoms with E-state index >= 15 is 0 Å². The molecule has 0 saturated carbocycles. The fourth-order valence-electron chi connectivity index (χ4n) is 0.522. The minimum atomic E-state index is -0.537. The molecule has 0 spiro atoms. The Hall–Kier alpha value is -0.420. The normalized spacial score (nSPS) is 13.0. The van der Waals surface area contributed by atoms with Crippen LogP contribution < -0.4 is 11.2 Å². The highest BCUT2D eigenvalue weighted by Crippen LogP contribution is 1.78. The second kappa shape index (κ2) is 6.70. The quantitative estimate of drug-likeness (QED) is 0.256. The Morgan fingerprint density at radius 2 is 2.50 bits per heavy atom. The van der Waals surface area contributed by atoms with Crippen molar-refractivity contribution in [3.05, 3.63) is 12.7 Å². The molecule has 10 heavy (non-hydrogen) atoms. The van der Waals surface area contributed by atoms with Gasteiger partial charge < -0.3 is 15.3 Å². The summed E-state index contributed by atoms with van der Waals surface area (Å²) in [6.45, 7) is 4.82. The average molecular weight is 146 g/mol. The Bertz CT molecular complexity index is 87.8. The second-order valence-corrected chi connectivity index (χ2v) is 1.93. The molecule has 0 aliphatic carbocycles. The van der Waals surface area contributed by atoms with Gasteiger partial charge in [0.2, 0.25) is 0 Å². The molecule has 0 fully saturated rings. The lowest BCUT2D eigenvalue weighted by Gasteiger charge is -2.07. The van der Waals surface area contributed by atoms with Crippen LogP contribution in [0.1, 0.15) is 0 Å². The van der Waals surface area contributed by atoms with Crippen molar-refractivity contribution in [1.82, 2.24) is 5.32 Å². The first kappa shape index (κ1) is 9.58. The monoisotopic (exact) mass is 146 g/mol. The first-order valence-corrected chi connectivity index (χ1v) is 3.12. The van der Waals surface area contributed by atoms with Crippen LogP contribution in [-0.4, -0.2) is 30.9 Å². The second-order valence-electron chi connectivity index (χ2n) is 1.93. The number of hydrogen-bond acceptors (Lipinski definition) is 4. The first-order chi connectivity index (χ1) is 4.81. The van der Waals surface area contributed by atoms with Crippen molar-refractivity contribution in [3.63, 3.8) is 0 Å². The highest BCUT2D eigenvalue weighted by Gasteiger charge is 2.00. The molecule has 0 heterocycles. The molecular formula is C6H14N2O2. The van der Waals surface area contributed by atoms with E-state index < -0.39 is 6.10 Å². The van der Waals surface area contributed by atoms with Crippen LogP contribution in [0, 0.1) is 0 Å². The topological polar surface area (TPSA) is 67.5 Å². The summed E-state index contributed by atoms with van der Waals surface area (Å²) in [7, 11) is 0. The Morgan fingerprint density at radius 1 is 1.80 bits per heavy atom. The lowest BCUT2D eigenvalue weighted by atomic mass is 10.4. The molecule has 0 aromatic heterocycles. The minimum absolute atomic E-state index is 0.157. The van der Waals surface area contributed by atoms with E-state index in [0.717, 1.165) is 0 Å². The largest absolute Gasteiger partial charge is 0.389 e. The van der Waals surface area contributed by atoms with Crippen molar-refractivity contribution >= 4 is 0 Å². The maximum absolute atomic E-state index is 8.97. The molecule has 1 unspecified atom stereocenters. The Labute approximate surface area is 60.6 Å². The van der Waals surface area contributed by atoms with Crippen LogP contribution in [0.4, 0.5) is 0 Å². The summed E-state index contributed by atoms with van der Waals surface area (Å²) in [5.74, 6) is 4.73. The minimum Gasteiger partial charge on any atom is -0.389 e. The first-order valence-electron chi connectivity index (χ1n) is 3.12. The molecule has 0 saturated heterocycles. The van der Waals surface area contributed by atoms with Crippen molar-refractivity contribution in [2.75, 3.05) is 19.7 Å². The summed E-state index contributed by atoms with van der Waals surface area (Å²) >= 11 is 0. The van der Waals surface area contributed by atoms with Gasteiger partial charge in [0.25, 0.3) is 0 Å². The molecule has 0 aromatic rings. The van der Waals surface area contributed by atoms with E-state index in [0.29, 0.717) is 13.1 Å². The van der Waals surface area contributed by atoms with E-state index in [9.17, 15) is 0 Å². The molecule has 0 bridgehead atoms. The van der Waals surface area contributed by atoms with Gasteiger partial charge in [-0.3, -0.25) is 0 Å². The Balaban J connectivity index is 3.04. The standard InChI is InChI=1S/C6H14N2O2/c1-2-3-8-4-6(9)5-10-7/h2,6,8-9H,1,3-5,7H2. The summed E-state index contributed by atoms with van der Waals surface area (Å²) < 4.78 is 0. The van der Waals surface area contributed by atoms with Crippen LogP contribution in [0.3, 0.4) is 0 Å². The maximum atomic E-state index is 8.97. The van der Waals surface area contributed by atoms with Crippen molar-refractivity contribution in [3.8, 4) is 0 Å². The zero-order valence-corrected chi connectivity index (χ0v) is 5.92. The molecule has 0 aliphatic heterocycles. The van der Waals surface area contributed by atoms with Gasteiger partial charge in [-0.05, 0) is 0 Å². The van der Waals surface area contributed by atoms with Crippen LogP contribution in [0.5, 0.6) is 0 Å². The SMILES string of the molecule is C=CCNCC(O)CON. The Kier molecular flexibility index (Phi) is 6.42. The van der Waals surface area contributed by atoms with Crippen molar-refractivity contribution in [1.29, 1.82) is 0 Å². The fourth-order valence-corrected chi connectivity index (χ4v) is 0.522. The highest BCUT2D eigenvalue weighted by atomic mass is 16.6. The Morgan fingerprint density at radius 3 is 3.00 bits per heavy atom. The summed E-state index contributed by atoms with van der Waals surface area (Å²) in [5.41, 5.74) is 0. The molecule has 1 atom stereocenters. The van der Waals surface area contributed by atoms with E-state index in [1.165, 1.54) is 0 Å². The van der Waals surface area contributed by atoms with Crippen molar-refractivity contribution in [2.45, 2.75) is 6.10 Å². The third-order valence-electron chi connectivity index (χ3n) is 0.957. The smallest absolute Gasteiger partial charge is 0.0951 e. The number of rotatable bonds is 6. The third kappa shape index (κ3) is 5.71. The van der Waals surface area contributed by atoms with Crippen molar-refractivity contribution < 1.29 is 9.94 Å². The molecule has 0 aliphatic rings. The predicted octanol–water partition coefficient (Wildman–Crippen LogP) is -0.987. The number of nitrogens with one attached hydrogen (secondary N) is 1. The molecule has 0 rings (SSSR count). The average Bonchev–Trinajstić information content (AvgIpc) is 1.89. The highest BCUT2D eigenvalue weighted by molar-refractivity contribution is 4.70. The van der Waals surface area contributed by atoms with Gasteiger partial charge >= 0.3 is 0 Å². The molecule has 4 N–H and O–H groups in total. The van der Waals surface area contributed by atoms with Crippen LogP contribution in [0.15, 0.2) is 12.7 Å². The summed E-state index contributed by atoms with van der Waals surface area (Å²) in [6, 6.07) is 0. The summed E-state index contributed by atoms with van der Waals surface area (Å²) in [6.07, 6.45) is 1.18. The van der Waals surface area contributed by atoms with Gasteiger partial charge in [-0.2, -0.15) is 0 Å². The maximum Gasteiger partial charge on any atom is 0.0951 e. The van der Waals surface area contributed by atoms with Gasteiger partial charge in [0, 0.05) is 13.1 Å². The van der Waals surface area contributed by atoms with Gasteiger partial charge in [0.15, 0.2) is 0 Å². The third-order valence-corrected chi connectivity index (χ3v) is 0.957. The summed E-state index contributed by atoms with van der Waals surface area (Å²) in [4.78, 5) is 4.22. The van der Waals surface area contributed by atoms with Crippen LogP contribution in [-0.2, 0) is 4.84 Å². The van der Waals surface area contributed by atoms with Crippen molar-refractivity contribution in [2.24, 2.45) is 5.90 Å². The van der Waals surface area contributed by atoms with E-state index in [-0.39, 0.29) is 6.61 Å². The molecule has 0 amide bonds. The number of hydrogen-bond donors (Lipinski definition) is 3. The van der Waals surface area contributed by atoms with Gasteiger partial charge in [-0.25, -0.2) is 5.90 Å². The lowest BCUT2D eigenvalue weighted by molar-refractivity contribution is 0.0374. The molecular weight excluding hydrogens is 132 g/mol. The van der Waals surface area contributed by atoms with Crippen LogP contribution in [0.25, 0.3) is 0 Å². The molecule has 0 radical (unpaired) electrons. The van der Waals surface area contributed by atoms with Crippen LogP contribution in [0.2, 0.25) is 0 Å². The number of nitrogens with two attached hydrogens (primary N) is 1. The molecule has 4 heteroatoms. The van der Waals surface area contributed by atoms with Gasteiger partial charge in [0.1, 0.15) is 0 Å². The van der Waals surface area contributed by atoms with E-state index in [1.54, 1.807) is 6.08 Å². The van der Waals surface area contributed by atoms with Crippen LogP contribution >= 0.6 is 0 Å². The number of aliphatic hydroxyl groups is 1. The van der Waals surface area contributed by atoms with Gasteiger partial charge in [-0.1, -0.05) is 6.08 Å². The van der Waals surface area contributed by atoms with E-state index in [4.69, 9.17) is 11.0 Å². The zero-order valence-electron chi connectivity index (χ0n) is 5.92. The van der Waals surface area contributed by atoms with E-state index in [2.05, 4.69) is 16.7 Å². The summed E-state index contributed by atoms with van der Waals surface area (Å²) in [5, 5.41) is 11.9. The predicted molar refractivity (Wildman–Crippen MR) is 39.2 cm³/mol. The number of aliphatic hydroxyl groups excluding tert-OH is 1. The van der Waals surface area contributed by atoms with Gasteiger partial charge in [-0.15, -0.1) is 6.58 Å². The lowest BCUT2D eigenvalue weighted by Crippen LogP contribution is -2.31. The molecule has 60 valence electrons. The molecule has 0 aromatic carbocycles. The molecule has 4 nitrogen and oxygen atoms in total. The fraction of sp³-hybridized carbons (Fsp3) is 0.667. The van der Waals surface area contributed by atoms with E-state index in [1.807, 2.05) is 0 Å². The van der Waals surface area contributed by atoms with Gasteiger partial charge in [0.05, 0.1) is 12.7 Å². The zero-order chi connectivity index (χ0) is 7.82.